The number of ether oxygens (including phenoxy) is 3. The molecule has 1 unspecified atom stereocenters. The van der Waals surface area contributed by atoms with E-state index in [0.717, 1.165) is 19.4 Å². The summed E-state index contributed by atoms with van der Waals surface area (Å²) in [6, 6.07) is 11.2. The van der Waals surface area contributed by atoms with Crippen LogP contribution in [0.2, 0.25) is 0 Å². The van der Waals surface area contributed by atoms with Crippen LogP contribution in [-0.2, 0) is 4.74 Å². The molecule has 27 heavy (non-hydrogen) atoms. The molecule has 1 aliphatic rings. The van der Waals surface area contributed by atoms with Gasteiger partial charge in [0.15, 0.2) is 0 Å². The number of carbonyl (C=O) groups excluding carboxylic acids is 1. The molecule has 2 N–H and O–H groups in total. The quantitative estimate of drug-likeness (QED) is 0.776. The average Bonchev–Trinajstić information content (AvgIpc) is 3.20. The second-order valence-electron chi connectivity index (χ2n) is 6.14. The number of methoxy groups -OCH3 is 1. The molecule has 1 atom stereocenters. The van der Waals surface area contributed by atoms with Gasteiger partial charge < -0.3 is 24.6 Å². The first-order valence-corrected chi connectivity index (χ1v) is 8.64. The number of carbonyl (C=O) groups is 2. The van der Waals surface area contributed by atoms with Crippen molar-refractivity contribution >= 4 is 17.6 Å². The van der Waals surface area contributed by atoms with Crippen LogP contribution in [0, 0.1) is 0 Å². The van der Waals surface area contributed by atoms with Crippen LogP contribution in [0.4, 0.5) is 5.69 Å². The number of aromatic carboxylic acids is 1. The van der Waals surface area contributed by atoms with Crippen LogP contribution in [0.5, 0.6) is 11.5 Å². The van der Waals surface area contributed by atoms with Crippen LogP contribution in [0.25, 0.3) is 0 Å². The van der Waals surface area contributed by atoms with Crippen molar-refractivity contribution in [3.63, 3.8) is 0 Å². The van der Waals surface area contributed by atoms with Gasteiger partial charge in [0, 0.05) is 23.9 Å². The first kappa shape index (κ1) is 18.7. The number of rotatable bonds is 7. The number of nitrogens with one attached hydrogen (secondary N) is 1. The molecule has 1 aliphatic heterocycles. The van der Waals surface area contributed by atoms with Crippen LogP contribution in [0.15, 0.2) is 42.5 Å². The van der Waals surface area contributed by atoms with Gasteiger partial charge in [0.1, 0.15) is 23.7 Å². The van der Waals surface area contributed by atoms with Crippen LogP contribution in [0.3, 0.4) is 0 Å². The van der Waals surface area contributed by atoms with Crippen molar-refractivity contribution in [2.45, 2.75) is 18.9 Å². The number of amides is 1. The fraction of sp³-hybridized carbons (Fsp3) is 0.300. The number of anilines is 1. The summed E-state index contributed by atoms with van der Waals surface area (Å²) in [7, 11) is 1.38. The fourth-order valence-corrected chi connectivity index (χ4v) is 2.82. The van der Waals surface area contributed by atoms with Crippen molar-refractivity contribution < 1.29 is 28.9 Å². The summed E-state index contributed by atoms with van der Waals surface area (Å²) in [4.78, 5) is 23.5. The largest absolute Gasteiger partial charge is 0.496 e. The molecule has 3 rings (SSSR count). The highest BCUT2D eigenvalue weighted by molar-refractivity contribution is 6.04. The number of hydrogen-bond acceptors (Lipinski definition) is 5. The van der Waals surface area contributed by atoms with Gasteiger partial charge in [0.2, 0.25) is 0 Å². The maximum atomic E-state index is 12.4. The van der Waals surface area contributed by atoms with Crippen molar-refractivity contribution in [1.29, 1.82) is 0 Å². The summed E-state index contributed by atoms with van der Waals surface area (Å²) in [6.07, 6.45) is 2.20. The zero-order valence-corrected chi connectivity index (χ0v) is 14.9. The normalized spacial score (nSPS) is 16.0. The predicted octanol–water partition coefficient (Wildman–Crippen LogP) is 3.20. The summed E-state index contributed by atoms with van der Waals surface area (Å²) in [5.74, 6) is -0.554. The predicted molar refractivity (Wildman–Crippen MR) is 98.8 cm³/mol. The molecule has 7 heteroatoms. The SMILES string of the molecule is COc1cc(NC(=O)c2ccc(OCC3CCCO3)cc2)ccc1C(=O)O. The lowest BCUT2D eigenvalue weighted by Gasteiger charge is -2.12. The minimum absolute atomic E-state index is 0.0308. The molecular formula is C20H21NO6. The highest BCUT2D eigenvalue weighted by Gasteiger charge is 2.16. The first-order valence-electron chi connectivity index (χ1n) is 8.64. The van der Waals surface area contributed by atoms with Gasteiger partial charge in [-0.1, -0.05) is 0 Å². The van der Waals surface area contributed by atoms with Crippen LogP contribution in [0.1, 0.15) is 33.6 Å². The second-order valence-corrected chi connectivity index (χ2v) is 6.14. The molecule has 1 amide bonds. The Morgan fingerprint density at radius 2 is 2.00 bits per heavy atom. The molecule has 0 bridgehead atoms. The zero-order chi connectivity index (χ0) is 19.2. The van der Waals surface area contributed by atoms with Crippen molar-refractivity contribution in [2.75, 3.05) is 25.6 Å². The van der Waals surface area contributed by atoms with E-state index in [-0.39, 0.29) is 23.3 Å². The first-order chi connectivity index (χ1) is 13.1. The Balaban J connectivity index is 1.61. The van der Waals surface area contributed by atoms with E-state index in [2.05, 4.69) is 5.32 Å². The van der Waals surface area contributed by atoms with Crippen LogP contribution >= 0.6 is 0 Å². The van der Waals surface area contributed by atoms with Gasteiger partial charge in [-0.25, -0.2) is 4.79 Å². The van der Waals surface area contributed by atoms with E-state index >= 15 is 0 Å². The molecule has 7 nitrogen and oxygen atoms in total. The molecular weight excluding hydrogens is 350 g/mol. The Bertz CT molecular complexity index is 812. The van der Waals surface area contributed by atoms with Crippen molar-refractivity contribution in [1.82, 2.24) is 0 Å². The van der Waals surface area contributed by atoms with E-state index in [9.17, 15) is 9.59 Å². The molecule has 0 aliphatic carbocycles. The van der Waals surface area contributed by atoms with Gasteiger partial charge >= 0.3 is 5.97 Å². The summed E-state index contributed by atoms with van der Waals surface area (Å²) in [5.41, 5.74) is 0.935. The smallest absolute Gasteiger partial charge is 0.339 e. The van der Waals surface area contributed by atoms with Gasteiger partial charge in [-0.3, -0.25) is 4.79 Å². The lowest BCUT2D eigenvalue weighted by molar-refractivity contribution is 0.0679. The molecule has 1 heterocycles. The molecule has 0 spiro atoms. The standard InChI is InChI=1S/C20H21NO6/c1-25-18-11-14(6-9-17(18)20(23)24)21-19(22)13-4-7-15(8-5-13)27-12-16-3-2-10-26-16/h4-9,11,16H,2-3,10,12H2,1H3,(H,21,22)(H,23,24). The maximum absolute atomic E-state index is 12.4. The highest BCUT2D eigenvalue weighted by Crippen LogP contribution is 2.24. The summed E-state index contributed by atoms with van der Waals surface area (Å²) in [5, 5.41) is 11.8. The third-order valence-corrected chi connectivity index (χ3v) is 4.27. The van der Waals surface area contributed by atoms with E-state index in [1.165, 1.54) is 25.3 Å². The Hall–Kier alpha value is -3.06. The molecule has 1 fully saturated rings. The number of carboxylic acids is 1. The zero-order valence-electron chi connectivity index (χ0n) is 14.9. The average molecular weight is 371 g/mol. The second kappa shape index (κ2) is 8.55. The van der Waals surface area contributed by atoms with Gasteiger partial charge in [0.25, 0.3) is 5.91 Å². The lowest BCUT2D eigenvalue weighted by atomic mass is 10.1. The summed E-state index contributed by atoms with van der Waals surface area (Å²) >= 11 is 0. The van der Waals surface area contributed by atoms with E-state index in [1.54, 1.807) is 24.3 Å². The van der Waals surface area contributed by atoms with Gasteiger partial charge in [-0.15, -0.1) is 0 Å². The van der Waals surface area contributed by atoms with E-state index in [0.29, 0.717) is 23.6 Å². The topological polar surface area (TPSA) is 94.1 Å². The lowest BCUT2D eigenvalue weighted by Crippen LogP contribution is -2.16. The van der Waals surface area contributed by atoms with Gasteiger partial charge in [0.05, 0.1) is 13.2 Å². The van der Waals surface area contributed by atoms with Gasteiger partial charge in [-0.05, 0) is 49.2 Å². The molecule has 142 valence electrons. The summed E-state index contributed by atoms with van der Waals surface area (Å²) in [6.45, 7) is 1.28. The van der Waals surface area contributed by atoms with E-state index < -0.39 is 5.97 Å². The van der Waals surface area contributed by atoms with Crippen molar-refractivity contribution in [3.05, 3.63) is 53.6 Å². The number of hydrogen-bond donors (Lipinski definition) is 2. The van der Waals surface area contributed by atoms with Crippen molar-refractivity contribution in [3.8, 4) is 11.5 Å². The fourth-order valence-electron chi connectivity index (χ4n) is 2.82. The Morgan fingerprint density at radius 3 is 2.63 bits per heavy atom. The van der Waals surface area contributed by atoms with Crippen molar-refractivity contribution in [2.24, 2.45) is 0 Å². The molecule has 0 radical (unpaired) electrons. The third kappa shape index (κ3) is 4.77. The Labute approximate surface area is 156 Å². The van der Waals surface area contributed by atoms with E-state index in [4.69, 9.17) is 19.3 Å². The minimum atomic E-state index is -1.09. The van der Waals surface area contributed by atoms with E-state index in [1.807, 2.05) is 0 Å². The highest BCUT2D eigenvalue weighted by atomic mass is 16.5. The van der Waals surface area contributed by atoms with Crippen LogP contribution < -0.4 is 14.8 Å². The monoisotopic (exact) mass is 371 g/mol. The molecule has 0 saturated carbocycles. The molecule has 1 saturated heterocycles. The number of benzene rings is 2. The molecule has 0 aromatic heterocycles. The Kier molecular flexibility index (Phi) is 5.93. The number of carboxylic acid groups (broad SMARTS) is 1. The maximum Gasteiger partial charge on any atom is 0.339 e. The Morgan fingerprint density at radius 1 is 1.22 bits per heavy atom. The molecule has 2 aromatic carbocycles. The van der Waals surface area contributed by atoms with Gasteiger partial charge in [-0.2, -0.15) is 0 Å². The van der Waals surface area contributed by atoms with Crippen LogP contribution in [-0.4, -0.2) is 43.4 Å². The third-order valence-electron chi connectivity index (χ3n) is 4.27. The molecule has 2 aromatic rings. The summed E-state index contributed by atoms with van der Waals surface area (Å²) < 4.78 is 16.2. The minimum Gasteiger partial charge on any atom is -0.496 e.